The molecule has 0 bridgehead atoms. The number of rotatable bonds is 5. The fraction of sp³-hybridized carbons (Fsp3) is 0.389. The highest BCUT2D eigenvalue weighted by Gasteiger charge is 2.21. The summed E-state index contributed by atoms with van der Waals surface area (Å²) in [6, 6.07) is 10.6. The molecule has 0 spiro atoms. The molecule has 25 heavy (non-hydrogen) atoms. The van der Waals surface area contributed by atoms with Crippen LogP contribution in [0.4, 0.5) is 5.69 Å². The molecule has 1 aliphatic rings. The van der Waals surface area contributed by atoms with Gasteiger partial charge in [-0.2, -0.15) is 0 Å². The molecule has 0 atom stereocenters. The first-order valence-corrected chi connectivity index (χ1v) is 10.5. The van der Waals surface area contributed by atoms with Crippen LogP contribution in [-0.4, -0.2) is 39.4 Å². The van der Waals surface area contributed by atoms with Crippen LogP contribution in [0.5, 0.6) is 5.88 Å². The van der Waals surface area contributed by atoms with Crippen LogP contribution in [0.1, 0.15) is 12.8 Å². The maximum Gasteiger partial charge on any atom is 0.232 e. The van der Waals surface area contributed by atoms with E-state index in [0.29, 0.717) is 28.3 Å². The van der Waals surface area contributed by atoms with E-state index < -0.39 is 9.84 Å². The second-order valence-corrected chi connectivity index (χ2v) is 8.72. The molecule has 2 heterocycles. The minimum absolute atomic E-state index is 0.353. The Morgan fingerprint density at radius 3 is 2.48 bits per heavy atom. The maximum absolute atomic E-state index is 11.5. The Kier molecular flexibility index (Phi) is 5.49. The van der Waals surface area contributed by atoms with Crippen LogP contribution < -0.4 is 9.64 Å². The maximum atomic E-state index is 11.5. The SMILES string of the molecule is CS(=O)(=O)c1ccc(N2CCC(COc3ncccc3Cl)CC2)cc1. The van der Waals surface area contributed by atoms with Crippen LogP contribution in [-0.2, 0) is 9.84 Å². The van der Waals surface area contributed by atoms with Gasteiger partial charge >= 0.3 is 0 Å². The number of hydrogen-bond acceptors (Lipinski definition) is 5. The lowest BCUT2D eigenvalue weighted by Crippen LogP contribution is -2.35. The molecule has 3 rings (SSSR count). The average Bonchev–Trinajstić information content (AvgIpc) is 2.61. The largest absolute Gasteiger partial charge is 0.476 e. The lowest BCUT2D eigenvalue weighted by Gasteiger charge is -2.33. The van der Waals surface area contributed by atoms with Gasteiger partial charge < -0.3 is 9.64 Å². The van der Waals surface area contributed by atoms with Crippen molar-refractivity contribution in [1.29, 1.82) is 0 Å². The van der Waals surface area contributed by atoms with E-state index in [-0.39, 0.29) is 0 Å². The molecular weight excluding hydrogens is 360 g/mol. The number of aromatic nitrogens is 1. The van der Waals surface area contributed by atoms with Crippen molar-refractivity contribution in [3.05, 3.63) is 47.6 Å². The molecule has 0 saturated carbocycles. The van der Waals surface area contributed by atoms with E-state index >= 15 is 0 Å². The fourth-order valence-electron chi connectivity index (χ4n) is 2.94. The molecule has 1 aliphatic heterocycles. The molecule has 1 aromatic carbocycles. The van der Waals surface area contributed by atoms with Crippen molar-refractivity contribution in [3.63, 3.8) is 0 Å². The first-order chi connectivity index (χ1) is 11.9. The first-order valence-electron chi connectivity index (χ1n) is 8.22. The highest BCUT2D eigenvalue weighted by Crippen LogP contribution is 2.26. The number of ether oxygens (including phenoxy) is 1. The lowest BCUT2D eigenvalue weighted by atomic mass is 9.97. The molecule has 1 aromatic heterocycles. The summed E-state index contributed by atoms with van der Waals surface area (Å²) in [5.41, 5.74) is 1.06. The van der Waals surface area contributed by atoms with Gasteiger partial charge in [0.05, 0.1) is 11.5 Å². The van der Waals surface area contributed by atoms with Crippen molar-refractivity contribution in [2.75, 3.05) is 30.9 Å². The molecular formula is C18H21ClN2O3S. The van der Waals surface area contributed by atoms with Gasteiger partial charge in [-0.15, -0.1) is 0 Å². The van der Waals surface area contributed by atoms with Crippen molar-refractivity contribution >= 4 is 27.1 Å². The van der Waals surface area contributed by atoms with Gasteiger partial charge in [0.2, 0.25) is 5.88 Å². The molecule has 0 aliphatic carbocycles. The molecule has 0 N–H and O–H groups in total. The zero-order valence-electron chi connectivity index (χ0n) is 14.1. The van der Waals surface area contributed by atoms with Gasteiger partial charge in [0, 0.05) is 31.2 Å². The molecule has 0 radical (unpaired) electrons. The number of piperidine rings is 1. The van der Waals surface area contributed by atoms with Crippen LogP contribution in [0.3, 0.4) is 0 Å². The Balaban J connectivity index is 1.52. The highest BCUT2D eigenvalue weighted by atomic mass is 35.5. The molecule has 1 fully saturated rings. The van der Waals surface area contributed by atoms with Crippen molar-refractivity contribution in [1.82, 2.24) is 4.98 Å². The normalized spacial score (nSPS) is 16.0. The van der Waals surface area contributed by atoms with Gasteiger partial charge in [-0.25, -0.2) is 13.4 Å². The van der Waals surface area contributed by atoms with E-state index in [9.17, 15) is 8.42 Å². The zero-order chi connectivity index (χ0) is 17.9. The predicted molar refractivity (Wildman–Crippen MR) is 99.2 cm³/mol. The van der Waals surface area contributed by atoms with Crippen LogP contribution in [0, 0.1) is 5.92 Å². The minimum atomic E-state index is -3.15. The first kappa shape index (κ1) is 18.0. The third kappa shape index (κ3) is 4.64. The summed E-state index contributed by atoms with van der Waals surface area (Å²) in [5.74, 6) is 0.951. The van der Waals surface area contributed by atoms with E-state index in [1.165, 1.54) is 6.26 Å². The van der Waals surface area contributed by atoms with Gasteiger partial charge in [0.1, 0.15) is 5.02 Å². The molecule has 2 aromatic rings. The number of halogens is 1. The molecule has 1 saturated heterocycles. The smallest absolute Gasteiger partial charge is 0.232 e. The second kappa shape index (κ2) is 7.62. The summed E-state index contributed by atoms with van der Waals surface area (Å²) in [7, 11) is -3.15. The van der Waals surface area contributed by atoms with E-state index in [0.717, 1.165) is 31.6 Å². The second-order valence-electron chi connectivity index (χ2n) is 6.30. The van der Waals surface area contributed by atoms with Gasteiger partial charge in [0.25, 0.3) is 0 Å². The summed E-state index contributed by atoms with van der Waals surface area (Å²) in [4.78, 5) is 6.77. The average molecular weight is 381 g/mol. The Bertz CT molecular complexity index is 816. The third-order valence-corrected chi connectivity index (χ3v) is 5.84. The van der Waals surface area contributed by atoms with Crippen LogP contribution >= 0.6 is 11.6 Å². The summed E-state index contributed by atoms with van der Waals surface area (Å²) in [6.45, 7) is 2.45. The quantitative estimate of drug-likeness (QED) is 0.795. The number of sulfone groups is 1. The summed E-state index contributed by atoms with van der Waals surface area (Å²) in [5, 5.41) is 0.533. The lowest BCUT2D eigenvalue weighted by molar-refractivity contribution is 0.216. The predicted octanol–water partition coefficient (Wildman–Crippen LogP) is 3.43. The van der Waals surface area contributed by atoms with Crippen molar-refractivity contribution in [2.45, 2.75) is 17.7 Å². The van der Waals surface area contributed by atoms with Crippen LogP contribution in [0.15, 0.2) is 47.5 Å². The molecule has 7 heteroatoms. The van der Waals surface area contributed by atoms with Gasteiger partial charge in [-0.05, 0) is 55.2 Å². The number of pyridine rings is 1. The van der Waals surface area contributed by atoms with E-state index in [2.05, 4.69) is 9.88 Å². The number of anilines is 1. The Morgan fingerprint density at radius 1 is 1.20 bits per heavy atom. The number of hydrogen-bond donors (Lipinski definition) is 0. The number of nitrogens with zero attached hydrogens (tertiary/aromatic N) is 2. The molecule has 0 amide bonds. The topological polar surface area (TPSA) is 59.5 Å². The minimum Gasteiger partial charge on any atom is -0.476 e. The monoisotopic (exact) mass is 380 g/mol. The van der Waals surface area contributed by atoms with Crippen LogP contribution in [0.25, 0.3) is 0 Å². The van der Waals surface area contributed by atoms with Gasteiger partial charge in [-0.3, -0.25) is 0 Å². The van der Waals surface area contributed by atoms with Crippen molar-refractivity contribution < 1.29 is 13.2 Å². The Hall–Kier alpha value is -1.79. The fourth-order valence-corrected chi connectivity index (χ4v) is 3.74. The van der Waals surface area contributed by atoms with Gasteiger partial charge in [-0.1, -0.05) is 11.6 Å². The standard InChI is InChI=1S/C18H21ClN2O3S/c1-25(22,23)16-6-4-15(5-7-16)21-11-8-14(9-12-21)13-24-18-17(19)3-2-10-20-18/h2-7,10,14H,8-9,11-13H2,1H3. The Labute approximate surface area is 153 Å². The number of benzene rings is 1. The van der Waals surface area contributed by atoms with E-state index in [1.807, 2.05) is 12.1 Å². The Morgan fingerprint density at radius 2 is 1.88 bits per heavy atom. The third-order valence-electron chi connectivity index (χ3n) is 4.43. The summed E-state index contributed by atoms with van der Waals surface area (Å²) in [6.07, 6.45) is 4.92. The van der Waals surface area contributed by atoms with Crippen LogP contribution in [0.2, 0.25) is 5.02 Å². The van der Waals surface area contributed by atoms with Gasteiger partial charge in [0.15, 0.2) is 9.84 Å². The van der Waals surface area contributed by atoms with Crippen molar-refractivity contribution in [2.24, 2.45) is 5.92 Å². The van der Waals surface area contributed by atoms with E-state index in [4.69, 9.17) is 16.3 Å². The van der Waals surface area contributed by atoms with E-state index in [1.54, 1.807) is 30.5 Å². The summed E-state index contributed by atoms with van der Waals surface area (Å²) >= 11 is 6.05. The van der Waals surface area contributed by atoms with Crippen molar-refractivity contribution in [3.8, 4) is 5.88 Å². The highest BCUT2D eigenvalue weighted by molar-refractivity contribution is 7.90. The molecule has 134 valence electrons. The summed E-state index contributed by atoms with van der Waals surface area (Å²) < 4.78 is 28.8. The zero-order valence-corrected chi connectivity index (χ0v) is 15.6. The molecule has 0 unspecified atom stereocenters. The molecule has 5 nitrogen and oxygen atoms in total.